The van der Waals surface area contributed by atoms with Crippen molar-refractivity contribution in [3.05, 3.63) is 34.6 Å². The highest BCUT2D eigenvalue weighted by molar-refractivity contribution is 6.31. The van der Waals surface area contributed by atoms with Crippen LogP contribution < -0.4 is 5.32 Å². The number of benzene rings is 1. The lowest BCUT2D eigenvalue weighted by Crippen LogP contribution is -2.34. The van der Waals surface area contributed by atoms with Crippen LogP contribution >= 0.6 is 11.6 Å². The summed E-state index contributed by atoms with van der Waals surface area (Å²) in [6.07, 6.45) is 0. The van der Waals surface area contributed by atoms with E-state index < -0.39 is 0 Å². The van der Waals surface area contributed by atoms with Crippen LogP contribution in [-0.4, -0.2) is 31.4 Å². The Labute approximate surface area is 106 Å². The fourth-order valence-electron chi connectivity index (χ4n) is 1.36. The van der Waals surface area contributed by atoms with E-state index in [0.717, 1.165) is 5.56 Å². The topological polar surface area (TPSA) is 32.3 Å². The molecule has 0 aliphatic rings. The largest absolute Gasteiger partial charge is 0.348 e. The van der Waals surface area contributed by atoms with Gasteiger partial charge in [0.25, 0.3) is 0 Å². The first-order chi connectivity index (χ1) is 7.91. The molecule has 1 unspecified atom stereocenters. The summed E-state index contributed by atoms with van der Waals surface area (Å²) in [5, 5.41) is 3.41. The molecule has 0 aliphatic carbocycles. The lowest BCUT2D eigenvalue weighted by molar-refractivity contribution is -0.127. The summed E-state index contributed by atoms with van der Waals surface area (Å²) in [5.41, 5.74) is 0.777. The van der Waals surface area contributed by atoms with Gasteiger partial charge in [-0.3, -0.25) is 4.79 Å². The molecular formula is C12H16ClFN2O. The maximum absolute atomic E-state index is 12.9. The van der Waals surface area contributed by atoms with Gasteiger partial charge in [0.1, 0.15) is 5.82 Å². The first-order valence-corrected chi connectivity index (χ1v) is 5.68. The third kappa shape index (κ3) is 3.98. The molecule has 0 spiro atoms. The molecule has 0 saturated carbocycles. The third-order valence-electron chi connectivity index (χ3n) is 2.49. The first-order valence-electron chi connectivity index (χ1n) is 5.30. The number of nitrogens with one attached hydrogen (secondary N) is 1. The van der Waals surface area contributed by atoms with E-state index in [0.29, 0.717) is 5.02 Å². The fourth-order valence-corrected chi connectivity index (χ4v) is 1.69. The highest BCUT2D eigenvalue weighted by atomic mass is 35.5. The molecule has 0 heterocycles. The molecule has 1 aromatic rings. The Bertz CT molecular complexity index is 409. The monoisotopic (exact) mass is 258 g/mol. The summed E-state index contributed by atoms with van der Waals surface area (Å²) in [6.45, 7) is 2.10. The predicted octanol–water partition coefficient (Wildman–Crippen LogP) is 2.22. The Morgan fingerprint density at radius 1 is 1.53 bits per heavy atom. The van der Waals surface area contributed by atoms with Crippen LogP contribution in [-0.2, 0) is 4.79 Å². The molecule has 1 aromatic carbocycles. The van der Waals surface area contributed by atoms with Gasteiger partial charge >= 0.3 is 0 Å². The van der Waals surface area contributed by atoms with Crippen molar-refractivity contribution in [2.45, 2.75) is 13.0 Å². The molecular weight excluding hydrogens is 243 g/mol. The Kier molecular flexibility index (Phi) is 4.90. The van der Waals surface area contributed by atoms with E-state index in [1.54, 1.807) is 20.2 Å². The molecule has 17 heavy (non-hydrogen) atoms. The molecule has 94 valence electrons. The molecule has 0 saturated heterocycles. The lowest BCUT2D eigenvalue weighted by atomic mass is 10.1. The minimum absolute atomic E-state index is 0.0184. The van der Waals surface area contributed by atoms with E-state index in [1.807, 2.05) is 6.92 Å². The highest BCUT2D eigenvalue weighted by Crippen LogP contribution is 2.23. The molecule has 0 aromatic heterocycles. The second-order valence-corrected chi connectivity index (χ2v) is 4.46. The van der Waals surface area contributed by atoms with E-state index in [-0.39, 0.29) is 24.3 Å². The summed E-state index contributed by atoms with van der Waals surface area (Å²) in [4.78, 5) is 12.9. The van der Waals surface area contributed by atoms with E-state index >= 15 is 0 Å². The second-order valence-electron chi connectivity index (χ2n) is 4.06. The van der Waals surface area contributed by atoms with Crippen molar-refractivity contribution in [2.24, 2.45) is 0 Å². The molecule has 0 aliphatic heterocycles. The summed E-state index contributed by atoms with van der Waals surface area (Å²) >= 11 is 5.93. The lowest BCUT2D eigenvalue weighted by Gasteiger charge is -2.17. The van der Waals surface area contributed by atoms with Gasteiger partial charge in [-0.25, -0.2) is 4.39 Å². The fraction of sp³-hybridized carbons (Fsp3) is 0.417. The van der Waals surface area contributed by atoms with Gasteiger partial charge in [-0.2, -0.15) is 0 Å². The summed E-state index contributed by atoms with van der Waals surface area (Å²) < 4.78 is 12.9. The molecule has 1 amide bonds. The standard InChI is InChI=1S/C12H16ClFN2O/c1-8(15-7-12(17)16(2)3)10-5-4-9(14)6-11(10)13/h4-6,8,15H,7H2,1-3H3. The van der Waals surface area contributed by atoms with Crippen molar-refractivity contribution in [1.82, 2.24) is 10.2 Å². The molecule has 1 rings (SSSR count). The number of carbonyl (C=O) groups excluding carboxylic acids is 1. The highest BCUT2D eigenvalue weighted by Gasteiger charge is 2.12. The van der Waals surface area contributed by atoms with Gasteiger partial charge in [-0.1, -0.05) is 17.7 Å². The van der Waals surface area contributed by atoms with Crippen molar-refractivity contribution in [2.75, 3.05) is 20.6 Å². The Morgan fingerprint density at radius 2 is 2.18 bits per heavy atom. The zero-order valence-electron chi connectivity index (χ0n) is 10.1. The molecule has 0 fully saturated rings. The van der Waals surface area contributed by atoms with E-state index in [4.69, 9.17) is 11.6 Å². The van der Waals surface area contributed by atoms with Crippen LogP contribution in [0.3, 0.4) is 0 Å². The van der Waals surface area contributed by atoms with E-state index in [9.17, 15) is 9.18 Å². The number of amides is 1. The quantitative estimate of drug-likeness (QED) is 0.898. The SMILES string of the molecule is CC(NCC(=O)N(C)C)c1ccc(F)cc1Cl. The van der Waals surface area contributed by atoms with Gasteiger partial charge in [0, 0.05) is 25.2 Å². The molecule has 0 bridgehead atoms. The van der Waals surface area contributed by atoms with Crippen LogP contribution in [0.1, 0.15) is 18.5 Å². The minimum atomic E-state index is -0.365. The van der Waals surface area contributed by atoms with Crippen LogP contribution in [0.5, 0.6) is 0 Å². The number of likely N-dealkylation sites (N-methyl/N-ethyl adjacent to an activating group) is 1. The maximum atomic E-state index is 12.9. The number of carbonyl (C=O) groups is 1. The number of hydrogen-bond donors (Lipinski definition) is 1. The Morgan fingerprint density at radius 3 is 2.71 bits per heavy atom. The Hall–Kier alpha value is -1.13. The van der Waals surface area contributed by atoms with Crippen molar-refractivity contribution in [3.8, 4) is 0 Å². The van der Waals surface area contributed by atoms with Gasteiger partial charge < -0.3 is 10.2 Å². The summed E-state index contributed by atoms with van der Waals surface area (Å²) in [6, 6.07) is 4.14. The number of rotatable bonds is 4. The summed E-state index contributed by atoms with van der Waals surface area (Å²) in [5.74, 6) is -0.384. The third-order valence-corrected chi connectivity index (χ3v) is 2.81. The molecule has 1 atom stereocenters. The van der Waals surface area contributed by atoms with Crippen molar-refractivity contribution >= 4 is 17.5 Å². The van der Waals surface area contributed by atoms with Crippen LogP contribution in [0.4, 0.5) is 4.39 Å². The van der Waals surface area contributed by atoms with Gasteiger partial charge in [-0.15, -0.1) is 0 Å². The number of halogens is 2. The van der Waals surface area contributed by atoms with E-state index in [1.165, 1.54) is 17.0 Å². The smallest absolute Gasteiger partial charge is 0.236 e. The number of hydrogen-bond acceptors (Lipinski definition) is 2. The molecule has 1 N–H and O–H groups in total. The van der Waals surface area contributed by atoms with Gasteiger partial charge in [0.15, 0.2) is 0 Å². The zero-order valence-corrected chi connectivity index (χ0v) is 10.9. The Balaban J connectivity index is 2.64. The molecule has 0 radical (unpaired) electrons. The second kappa shape index (κ2) is 5.98. The van der Waals surface area contributed by atoms with Crippen molar-refractivity contribution in [1.29, 1.82) is 0 Å². The minimum Gasteiger partial charge on any atom is -0.348 e. The van der Waals surface area contributed by atoms with Gasteiger partial charge in [-0.05, 0) is 24.6 Å². The van der Waals surface area contributed by atoms with Crippen LogP contribution in [0.15, 0.2) is 18.2 Å². The predicted molar refractivity (Wildman–Crippen MR) is 66.5 cm³/mol. The maximum Gasteiger partial charge on any atom is 0.236 e. The molecule has 3 nitrogen and oxygen atoms in total. The zero-order chi connectivity index (χ0) is 13.0. The average molecular weight is 259 g/mol. The normalized spacial score (nSPS) is 12.3. The van der Waals surface area contributed by atoms with Crippen molar-refractivity contribution in [3.63, 3.8) is 0 Å². The summed E-state index contributed by atoms with van der Waals surface area (Å²) in [7, 11) is 3.39. The number of nitrogens with zero attached hydrogens (tertiary/aromatic N) is 1. The average Bonchev–Trinajstić information content (AvgIpc) is 2.25. The first kappa shape index (κ1) is 13.9. The van der Waals surface area contributed by atoms with Crippen molar-refractivity contribution < 1.29 is 9.18 Å². The van der Waals surface area contributed by atoms with E-state index in [2.05, 4.69) is 5.32 Å². The van der Waals surface area contributed by atoms with Gasteiger partial charge in [0.05, 0.1) is 6.54 Å². The van der Waals surface area contributed by atoms with Gasteiger partial charge in [0.2, 0.25) is 5.91 Å². The van der Waals surface area contributed by atoms with Crippen LogP contribution in [0.25, 0.3) is 0 Å². The van der Waals surface area contributed by atoms with Crippen LogP contribution in [0.2, 0.25) is 5.02 Å². The molecule has 5 heteroatoms. The van der Waals surface area contributed by atoms with Crippen LogP contribution in [0, 0.1) is 5.82 Å².